The Morgan fingerprint density at radius 3 is 1.98 bits per heavy atom. The smallest absolute Gasteiger partial charge is 0.186 e. The van der Waals surface area contributed by atoms with Crippen molar-refractivity contribution in [2.75, 3.05) is 19.8 Å². The van der Waals surface area contributed by atoms with Gasteiger partial charge in [0.15, 0.2) is 18.9 Å². The average molecular weight is 919 g/mol. The molecule has 3 heterocycles. The summed E-state index contributed by atoms with van der Waals surface area (Å²) in [6, 6.07) is 0. The van der Waals surface area contributed by atoms with E-state index in [1.54, 1.807) is 13.8 Å². The molecular weight excluding hydrogens is 840 g/mol. The van der Waals surface area contributed by atoms with Gasteiger partial charge in [-0.25, -0.2) is 0 Å². The van der Waals surface area contributed by atoms with Crippen LogP contribution in [-0.2, 0) is 28.4 Å². The molecule has 3 saturated heterocycles. The highest BCUT2D eigenvalue weighted by molar-refractivity contribution is 5.33. The Kier molecular flexibility index (Phi) is 13.4. The first-order valence-corrected chi connectivity index (χ1v) is 23.8. The number of hydrogen-bond donors (Lipinski definition) is 12. The molecule has 64 heavy (non-hydrogen) atoms. The summed E-state index contributed by atoms with van der Waals surface area (Å²) in [5.74, 6) is -0.226. The van der Waals surface area contributed by atoms with Crippen LogP contribution in [0, 0.1) is 50.7 Å². The second-order valence-electron chi connectivity index (χ2n) is 23.1. The van der Waals surface area contributed by atoms with Crippen molar-refractivity contribution in [2.24, 2.45) is 50.7 Å². The molecule has 1 unspecified atom stereocenters. The zero-order chi connectivity index (χ0) is 46.9. The standard InChI is InChI=1S/C46H78O18/c1-20(8-9-27(51)42(4,5)58)29-21(48)15-44(7)26-14-24(61-39-35(57)33(55)32(54)25(16-47)62-39)37-41(2,3)28(10-11-46(37)19-45(26,46)13-12-43(29,44)6)63-40-36(31(53)23(50)18-60-40)64-38-34(56)30(52)22(49)17-59-38/h20-40,47-58H,8-19H2,1-7H3/t20-,21+,22-,23-,24+,25-,26+,27+,28+,29+,30-,31+,32-,33+,34+,35-,36-,37?,38-,39-,40+,43-,44+,45+,46-/m1/s1. The van der Waals surface area contributed by atoms with Crippen molar-refractivity contribution in [1.29, 1.82) is 0 Å². The van der Waals surface area contributed by atoms with Crippen LogP contribution in [0.15, 0.2) is 0 Å². The Labute approximate surface area is 375 Å². The largest absolute Gasteiger partial charge is 0.394 e. The van der Waals surface area contributed by atoms with Gasteiger partial charge in [0.05, 0.1) is 49.8 Å². The Hall–Kier alpha value is -0.720. The van der Waals surface area contributed by atoms with Gasteiger partial charge in [0, 0.05) is 0 Å². The fourth-order valence-electron chi connectivity index (χ4n) is 15.4. The molecule has 18 nitrogen and oxygen atoms in total. The third-order valence-electron chi connectivity index (χ3n) is 19.0. The van der Waals surface area contributed by atoms with E-state index in [0.717, 1.165) is 19.3 Å². The lowest BCUT2D eigenvalue weighted by Gasteiger charge is -2.65. The van der Waals surface area contributed by atoms with Crippen molar-refractivity contribution in [3.8, 4) is 0 Å². The van der Waals surface area contributed by atoms with E-state index in [-0.39, 0.29) is 58.5 Å². The summed E-state index contributed by atoms with van der Waals surface area (Å²) in [5.41, 5.74) is -3.06. The lowest BCUT2D eigenvalue weighted by molar-refractivity contribution is -0.360. The molecular formula is C46H78O18. The molecule has 0 aromatic rings. The third-order valence-corrected chi connectivity index (χ3v) is 19.0. The van der Waals surface area contributed by atoms with Gasteiger partial charge in [-0.3, -0.25) is 0 Å². The van der Waals surface area contributed by atoms with E-state index in [0.29, 0.717) is 38.5 Å². The van der Waals surface area contributed by atoms with Crippen molar-refractivity contribution in [1.82, 2.24) is 0 Å². The molecule has 18 heteroatoms. The first-order chi connectivity index (χ1) is 29.8. The minimum Gasteiger partial charge on any atom is -0.394 e. The predicted octanol–water partition coefficient (Wildman–Crippen LogP) is -0.973. The van der Waals surface area contributed by atoms with Gasteiger partial charge in [0.1, 0.15) is 61.0 Å². The van der Waals surface area contributed by atoms with Crippen molar-refractivity contribution in [3.05, 3.63) is 0 Å². The van der Waals surface area contributed by atoms with E-state index in [9.17, 15) is 61.3 Å². The van der Waals surface area contributed by atoms with Crippen LogP contribution >= 0.6 is 0 Å². The van der Waals surface area contributed by atoms with Gasteiger partial charge in [0.25, 0.3) is 0 Å². The first-order valence-electron chi connectivity index (χ1n) is 23.8. The van der Waals surface area contributed by atoms with Crippen LogP contribution in [-0.4, -0.2) is 191 Å². The van der Waals surface area contributed by atoms with Crippen LogP contribution in [0.3, 0.4) is 0 Å². The molecule has 370 valence electrons. The molecule has 8 aliphatic rings. The van der Waals surface area contributed by atoms with Crippen molar-refractivity contribution >= 4 is 0 Å². The van der Waals surface area contributed by atoms with E-state index in [1.165, 1.54) is 0 Å². The summed E-state index contributed by atoms with van der Waals surface area (Å²) in [4.78, 5) is 0. The lowest BCUT2D eigenvalue weighted by Crippen LogP contribution is -2.65. The van der Waals surface area contributed by atoms with E-state index in [4.69, 9.17) is 28.4 Å². The Morgan fingerprint density at radius 2 is 1.33 bits per heavy atom. The highest BCUT2D eigenvalue weighted by Gasteiger charge is 2.85. The summed E-state index contributed by atoms with van der Waals surface area (Å²) >= 11 is 0. The second kappa shape index (κ2) is 17.3. The van der Waals surface area contributed by atoms with E-state index >= 15 is 0 Å². The monoisotopic (exact) mass is 919 g/mol. The molecule has 8 fully saturated rings. The van der Waals surface area contributed by atoms with E-state index in [1.807, 2.05) is 0 Å². The van der Waals surface area contributed by atoms with Crippen LogP contribution < -0.4 is 0 Å². The zero-order valence-electron chi connectivity index (χ0n) is 38.4. The van der Waals surface area contributed by atoms with Crippen LogP contribution in [0.5, 0.6) is 0 Å². The van der Waals surface area contributed by atoms with Crippen LogP contribution in [0.4, 0.5) is 0 Å². The SMILES string of the molecule is C[C@H](CC[C@H](O)C(C)(C)O)[C@H]1[C@@H](O)C[C@@]2(C)[C@@H]3C[C@H](O[C@@H]4O[C@H](CO)[C@@H](O)[C@H](O)[C@H]4O)C4C(C)(C)[C@@H](O[C@@H]5OC[C@@H](O)[C@H](O)[C@H]5O[C@H]5OC[C@@H](O)[C@@H](O)[C@@H]5O)CC[C@@]45C[C@@]35CC[C@]12C. The van der Waals surface area contributed by atoms with Gasteiger partial charge in [-0.05, 0) is 122 Å². The summed E-state index contributed by atoms with van der Waals surface area (Å²) in [5, 5.41) is 129. The predicted molar refractivity (Wildman–Crippen MR) is 222 cm³/mol. The average Bonchev–Trinajstić information content (AvgIpc) is 3.82. The maximum atomic E-state index is 12.1. The van der Waals surface area contributed by atoms with Gasteiger partial charge in [-0.1, -0.05) is 34.6 Å². The topological polar surface area (TPSA) is 298 Å². The number of hydrogen-bond acceptors (Lipinski definition) is 18. The molecule has 5 aliphatic carbocycles. The first kappa shape index (κ1) is 49.7. The van der Waals surface area contributed by atoms with Crippen LogP contribution in [0.1, 0.15) is 106 Å². The molecule has 3 aliphatic heterocycles. The summed E-state index contributed by atoms with van der Waals surface area (Å²) in [6.07, 6.45) is -15.7. The minimum atomic E-state index is -1.67. The number of aliphatic hydroxyl groups is 12. The zero-order valence-corrected chi connectivity index (χ0v) is 38.4. The molecule has 12 N–H and O–H groups in total. The molecule has 0 aromatic carbocycles. The number of fused-ring (bicyclic) bond motifs is 2. The van der Waals surface area contributed by atoms with Gasteiger partial charge in [-0.2, -0.15) is 0 Å². The molecule has 0 radical (unpaired) electrons. The fraction of sp³-hybridized carbons (Fsp3) is 1.00. The molecule has 0 amide bonds. The molecule has 0 aromatic heterocycles. The summed E-state index contributed by atoms with van der Waals surface area (Å²) < 4.78 is 37.3. The second-order valence-corrected chi connectivity index (χ2v) is 23.1. The van der Waals surface area contributed by atoms with Gasteiger partial charge >= 0.3 is 0 Å². The lowest BCUT2D eigenvalue weighted by atomic mass is 9.41. The van der Waals surface area contributed by atoms with Crippen LogP contribution in [0.2, 0.25) is 0 Å². The fourth-order valence-corrected chi connectivity index (χ4v) is 15.4. The molecule has 5 saturated carbocycles. The third kappa shape index (κ3) is 7.68. The summed E-state index contributed by atoms with van der Waals surface area (Å²) in [6.45, 7) is 12.9. The maximum absolute atomic E-state index is 12.1. The molecule has 8 rings (SSSR count). The highest BCUT2D eigenvalue weighted by Crippen LogP contribution is 2.89. The van der Waals surface area contributed by atoms with E-state index < -0.39 is 122 Å². The van der Waals surface area contributed by atoms with Crippen LogP contribution in [0.25, 0.3) is 0 Å². The maximum Gasteiger partial charge on any atom is 0.186 e. The van der Waals surface area contributed by atoms with Gasteiger partial charge in [0.2, 0.25) is 0 Å². The molecule has 25 atom stereocenters. The quantitative estimate of drug-likeness (QED) is 0.105. The number of ether oxygens (including phenoxy) is 6. The minimum absolute atomic E-state index is 0.0455. The Morgan fingerprint density at radius 1 is 0.688 bits per heavy atom. The van der Waals surface area contributed by atoms with Crippen molar-refractivity contribution in [2.45, 2.75) is 216 Å². The highest BCUT2D eigenvalue weighted by atomic mass is 16.8. The summed E-state index contributed by atoms with van der Waals surface area (Å²) in [7, 11) is 0. The normalized spacial score (nSPS) is 54.5. The molecule has 2 spiro atoms. The van der Waals surface area contributed by atoms with Gasteiger partial charge in [-0.15, -0.1) is 0 Å². The van der Waals surface area contributed by atoms with Crippen molar-refractivity contribution < 1.29 is 89.7 Å². The number of rotatable bonds is 12. The number of aliphatic hydroxyl groups excluding tert-OH is 11. The van der Waals surface area contributed by atoms with Gasteiger partial charge < -0.3 is 89.7 Å². The Bertz CT molecular complexity index is 1650. The van der Waals surface area contributed by atoms with Crippen molar-refractivity contribution in [3.63, 3.8) is 0 Å². The van der Waals surface area contributed by atoms with E-state index in [2.05, 4.69) is 34.6 Å². The Balaban J connectivity index is 1.10. The molecule has 0 bridgehead atoms.